The average molecular weight is 279 g/mol. The van der Waals surface area contributed by atoms with Gasteiger partial charge in [0.2, 0.25) is 0 Å². The van der Waals surface area contributed by atoms with Crippen molar-refractivity contribution < 1.29 is 14.3 Å². The van der Waals surface area contributed by atoms with Crippen molar-refractivity contribution in [1.82, 2.24) is 5.32 Å². The van der Waals surface area contributed by atoms with E-state index in [1.54, 1.807) is 0 Å². The van der Waals surface area contributed by atoms with E-state index < -0.39 is 0 Å². The number of rotatable bonds is 8. The Labute approximate surface area is 121 Å². The Balaban J connectivity index is 2.36. The third-order valence-electron chi connectivity index (χ3n) is 3.06. The van der Waals surface area contributed by atoms with E-state index in [4.69, 9.17) is 9.47 Å². The van der Waals surface area contributed by atoms with Crippen molar-refractivity contribution in [1.29, 1.82) is 0 Å². The van der Waals surface area contributed by atoms with Gasteiger partial charge in [0.15, 0.2) is 6.61 Å². The highest BCUT2D eigenvalue weighted by Gasteiger charge is 2.11. The number of amides is 1. The number of hydrogen-bond acceptors (Lipinski definition) is 3. The van der Waals surface area contributed by atoms with Crippen LogP contribution < -0.4 is 14.8 Å². The summed E-state index contributed by atoms with van der Waals surface area (Å²) in [6, 6.07) is 7.46. The number of carbonyl (C=O) groups is 1. The fraction of sp³-hybridized carbons (Fsp3) is 0.562. The van der Waals surface area contributed by atoms with E-state index in [2.05, 4.69) is 26.1 Å². The molecule has 0 aliphatic rings. The van der Waals surface area contributed by atoms with Crippen LogP contribution in [0.25, 0.3) is 0 Å². The molecule has 1 amide bonds. The van der Waals surface area contributed by atoms with Crippen LogP contribution in [0.5, 0.6) is 11.5 Å². The topological polar surface area (TPSA) is 47.6 Å². The molecule has 0 aliphatic heterocycles. The van der Waals surface area contributed by atoms with Gasteiger partial charge in [-0.1, -0.05) is 20.8 Å². The van der Waals surface area contributed by atoms with Gasteiger partial charge in [-0.15, -0.1) is 0 Å². The van der Waals surface area contributed by atoms with Gasteiger partial charge in [0.1, 0.15) is 11.5 Å². The van der Waals surface area contributed by atoms with Crippen LogP contribution in [0.2, 0.25) is 0 Å². The Morgan fingerprint density at radius 1 is 1.10 bits per heavy atom. The van der Waals surface area contributed by atoms with E-state index in [0.29, 0.717) is 18.3 Å². The molecule has 20 heavy (non-hydrogen) atoms. The van der Waals surface area contributed by atoms with Crippen LogP contribution in [-0.2, 0) is 4.79 Å². The average Bonchev–Trinajstić information content (AvgIpc) is 2.43. The fourth-order valence-electron chi connectivity index (χ4n) is 1.46. The van der Waals surface area contributed by atoms with Crippen molar-refractivity contribution in [3.63, 3.8) is 0 Å². The molecule has 4 nitrogen and oxygen atoms in total. The minimum Gasteiger partial charge on any atom is -0.494 e. The van der Waals surface area contributed by atoms with Gasteiger partial charge in [-0.3, -0.25) is 4.79 Å². The summed E-state index contributed by atoms with van der Waals surface area (Å²) in [7, 11) is 0. The lowest BCUT2D eigenvalue weighted by molar-refractivity contribution is -0.124. The van der Waals surface area contributed by atoms with Crippen LogP contribution in [0.4, 0.5) is 0 Å². The summed E-state index contributed by atoms with van der Waals surface area (Å²) in [4.78, 5) is 11.7. The maximum absolute atomic E-state index is 11.7. The first kappa shape index (κ1) is 16.3. The molecule has 4 heteroatoms. The molecule has 0 heterocycles. The van der Waals surface area contributed by atoms with Gasteiger partial charge in [-0.25, -0.2) is 0 Å². The van der Waals surface area contributed by atoms with E-state index in [-0.39, 0.29) is 18.6 Å². The first-order valence-corrected chi connectivity index (χ1v) is 7.18. The standard InChI is InChI=1S/C16H25NO3/c1-5-10-19-14-6-8-15(9-7-14)20-11-16(18)17-13(4)12(2)3/h6-9,12-13H,5,10-11H2,1-4H3,(H,17,18). The van der Waals surface area contributed by atoms with Crippen LogP contribution in [-0.4, -0.2) is 25.2 Å². The Morgan fingerprint density at radius 2 is 1.65 bits per heavy atom. The second kappa shape index (κ2) is 8.46. The lowest BCUT2D eigenvalue weighted by Crippen LogP contribution is -2.38. The largest absolute Gasteiger partial charge is 0.494 e. The van der Waals surface area contributed by atoms with Gasteiger partial charge in [0, 0.05) is 6.04 Å². The molecule has 1 N–H and O–H groups in total. The maximum Gasteiger partial charge on any atom is 0.258 e. The van der Waals surface area contributed by atoms with Gasteiger partial charge in [-0.2, -0.15) is 0 Å². The zero-order chi connectivity index (χ0) is 15.0. The molecular formula is C16H25NO3. The molecule has 0 fully saturated rings. The molecule has 0 saturated heterocycles. The molecule has 1 rings (SSSR count). The Bertz CT molecular complexity index is 401. The summed E-state index contributed by atoms with van der Waals surface area (Å²) < 4.78 is 10.9. The van der Waals surface area contributed by atoms with E-state index in [0.717, 1.165) is 12.2 Å². The first-order valence-electron chi connectivity index (χ1n) is 7.18. The first-order chi connectivity index (χ1) is 9.52. The highest BCUT2D eigenvalue weighted by Crippen LogP contribution is 2.17. The number of benzene rings is 1. The van der Waals surface area contributed by atoms with Gasteiger partial charge < -0.3 is 14.8 Å². The highest BCUT2D eigenvalue weighted by molar-refractivity contribution is 5.77. The van der Waals surface area contributed by atoms with Crippen molar-refractivity contribution in [2.75, 3.05) is 13.2 Å². The molecule has 1 aromatic rings. The summed E-state index contributed by atoms with van der Waals surface area (Å²) >= 11 is 0. The Kier molecular flexibility index (Phi) is 6.91. The summed E-state index contributed by atoms with van der Waals surface area (Å²) in [5, 5.41) is 2.90. The monoisotopic (exact) mass is 279 g/mol. The van der Waals surface area contributed by atoms with Crippen LogP contribution in [0.1, 0.15) is 34.1 Å². The molecule has 112 valence electrons. The SMILES string of the molecule is CCCOc1ccc(OCC(=O)NC(C)C(C)C)cc1. The van der Waals surface area contributed by atoms with Crippen LogP contribution in [0.3, 0.4) is 0 Å². The number of nitrogens with one attached hydrogen (secondary N) is 1. The molecule has 1 unspecified atom stereocenters. The van der Waals surface area contributed by atoms with Gasteiger partial charge >= 0.3 is 0 Å². The molecule has 1 aromatic carbocycles. The summed E-state index contributed by atoms with van der Waals surface area (Å²) in [5.41, 5.74) is 0. The van der Waals surface area contributed by atoms with Crippen molar-refractivity contribution >= 4 is 5.91 Å². The van der Waals surface area contributed by atoms with Gasteiger partial charge in [0.05, 0.1) is 6.61 Å². The lowest BCUT2D eigenvalue weighted by Gasteiger charge is -2.17. The second-order valence-corrected chi connectivity index (χ2v) is 5.21. The molecule has 0 aromatic heterocycles. The summed E-state index contributed by atoms with van der Waals surface area (Å²) in [6.07, 6.45) is 0.979. The number of ether oxygens (including phenoxy) is 2. The van der Waals surface area contributed by atoms with Gasteiger partial charge in [-0.05, 0) is 43.5 Å². The smallest absolute Gasteiger partial charge is 0.258 e. The zero-order valence-electron chi connectivity index (χ0n) is 12.8. The van der Waals surface area contributed by atoms with Crippen molar-refractivity contribution in [2.45, 2.75) is 40.2 Å². The van der Waals surface area contributed by atoms with E-state index in [1.807, 2.05) is 31.2 Å². The lowest BCUT2D eigenvalue weighted by atomic mass is 10.1. The summed E-state index contributed by atoms with van der Waals surface area (Å²) in [5.74, 6) is 1.80. The third kappa shape index (κ3) is 5.95. The molecule has 1 atom stereocenters. The minimum atomic E-state index is -0.0995. The van der Waals surface area contributed by atoms with Crippen molar-refractivity contribution in [3.05, 3.63) is 24.3 Å². The third-order valence-corrected chi connectivity index (χ3v) is 3.06. The fourth-order valence-corrected chi connectivity index (χ4v) is 1.46. The molecule has 0 saturated carbocycles. The highest BCUT2D eigenvalue weighted by atomic mass is 16.5. The van der Waals surface area contributed by atoms with Gasteiger partial charge in [0.25, 0.3) is 5.91 Å². The quantitative estimate of drug-likeness (QED) is 0.795. The number of hydrogen-bond donors (Lipinski definition) is 1. The van der Waals surface area contributed by atoms with Crippen LogP contribution >= 0.6 is 0 Å². The molecule has 0 radical (unpaired) electrons. The molecule has 0 spiro atoms. The zero-order valence-corrected chi connectivity index (χ0v) is 12.8. The number of carbonyl (C=O) groups excluding carboxylic acids is 1. The Morgan fingerprint density at radius 3 is 2.15 bits per heavy atom. The van der Waals surface area contributed by atoms with Crippen LogP contribution in [0, 0.1) is 5.92 Å². The van der Waals surface area contributed by atoms with E-state index >= 15 is 0 Å². The molecular weight excluding hydrogens is 254 g/mol. The molecule has 0 bridgehead atoms. The molecule has 0 aliphatic carbocycles. The van der Waals surface area contributed by atoms with E-state index in [9.17, 15) is 4.79 Å². The van der Waals surface area contributed by atoms with Crippen molar-refractivity contribution in [2.24, 2.45) is 5.92 Å². The Hall–Kier alpha value is -1.71. The predicted molar refractivity (Wildman–Crippen MR) is 80.2 cm³/mol. The minimum absolute atomic E-state index is 0.0340. The predicted octanol–water partition coefficient (Wildman–Crippen LogP) is 3.01. The summed E-state index contributed by atoms with van der Waals surface area (Å²) in [6.45, 7) is 8.93. The van der Waals surface area contributed by atoms with E-state index in [1.165, 1.54) is 0 Å². The van der Waals surface area contributed by atoms with Crippen molar-refractivity contribution in [3.8, 4) is 11.5 Å². The normalized spacial score (nSPS) is 12.1. The second-order valence-electron chi connectivity index (χ2n) is 5.21. The maximum atomic E-state index is 11.7. The van der Waals surface area contributed by atoms with Crippen LogP contribution in [0.15, 0.2) is 24.3 Å².